The van der Waals surface area contributed by atoms with Crippen molar-refractivity contribution in [2.24, 2.45) is 0 Å². The van der Waals surface area contributed by atoms with Crippen LogP contribution >= 0.6 is 10.7 Å². The van der Waals surface area contributed by atoms with E-state index in [1.165, 1.54) is 0 Å². The summed E-state index contributed by atoms with van der Waals surface area (Å²) in [5.74, 6) is 0. The molecule has 0 spiro atoms. The van der Waals surface area contributed by atoms with E-state index in [1.807, 2.05) is 0 Å². The lowest BCUT2D eigenvalue weighted by atomic mass is 10.1. The second-order valence-electron chi connectivity index (χ2n) is 3.10. The quantitative estimate of drug-likeness (QED) is 0.476. The topological polar surface area (TPSA) is 101 Å². The van der Waals surface area contributed by atoms with Crippen LogP contribution in [0.25, 0.3) is 0 Å². The Balaban J connectivity index is 3.78. The zero-order valence-corrected chi connectivity index (χ0v) is 10.2. The molecule has 1 aromatic rings. The molecule has 0 aliphatic rings. The maximum Gasteiger partial charge on any atom is 0.291 e. The van der Waals surface area contributed by atoms with Gasteiger partial charge in [0.2, 0.25) is 0 Å². The minimum atomic E-state index is -4.07. The Bertz CT molecular complexity index is 619. The van der Waals surface area contributed by atoms with Crippen LogP contribution in [0.5, 0.6) is 0 Å². The van der Waals surface area contributed by atoms with Crippen molar-refractivity contribution in [3.63, 3.8) is 0 Å². The summed E-state index contributed by atoms with van der Waals surface area (Å²) >= 11 is 0. The Labute approximate surface area is 102 Å². The molecule has 90 valence electrons. The van der Waals surface area contributed by atoms with Gasteiger partial charge in [0.1, 0.15) is 11.6 Å². The van der Waals surface area contributed by atoms with Crippen LogP contribution in [-0.2, 0) is 15.5 Å². The molecule has 0 aliphatic heterocycles. The first-order valence-electron chi connectivity index (χ1n) is 4.48. The fourth-order valence-corrected chi connectivity index (χ4v) is 2.69. The summed E-state index contributed by atoms with van der Waals surface area (Å²) in [4.78, 5) is 9.75. The van der Waals surface area contributed by atoms with E-state index in [2.05, 4.69) is 0 Å². The van der Waals surface area contributed by atoms with Crippen molar-refractivity contribution in [2.45, 2.75) is 18.2 Å². The maximum absolute atomic E-state index is 11.2. The summed E-state index contributed by atoms with van der Waals surface area (Å²) in [5.41, 5.74) is -0.739. The molecule has 0 unspecified atom stereocenters. The van der Waals surface area contributed by atoms with Gasteiger partial charge in [-0.15, -0.1) is 0 Å². The highest BCUT2D eigenvalue weighted by atomic mass is 35.7. The van der Waals surface area contributed by atoms with E-state index in [1.54, 1.807) is 13.0 Å². The molecule has 0 amide bonds. The van der Waals surface area contributed by atoms with Gasteiger partial charge in [-0.05, 0) is 18.6 Å². The Kier molecular flexibility index (Phi) is 3.70. The van der Waals surface area contributed by atoms with Crippen molar-refractivity contribution in [1.29, 1.82) is 5.26 Å². The van der Waals surface area contributed by atoms with E-state index < -0.39 is 19.7 Å². The van der Waals surface area contributed by atoms with Crippen molar-refractivity contribution >= 4 is 25.4 Å². The molecule has 0 aromatic heterocycles. The summed E-state index contributed by atoms with van der Waals surface area (Å²) in [6, 6.07) is 3.83. The van der Waals surface area contributed by atoms with Gasteiger partial charge in [-0.25, -0.2) is 8.42 Å². The lowest BCUT2D eigenvalue weighted by Crippen LogP contribution is -2.04. The summed E-state index contributed by atoms with van der Waals surface area (Å²) in [6.07, 6.45) is 0.0904. The average molecular weight is 275 g/mol. The minimum Gasteiger partial charge on any atom is -0.258 e. The Morgan fingerprint density at radius 1 is 1.53 bits per heavy atom. The van der Waals surface area contributed by atoms with Crippen molar-refractivity contribution < 1.29 is 13.3 Å². The van der Waals surface area contributed by atoms with Gasteiger partial charge in [-0.2, -0.15) is 5.26 Å². The number of halogens is 1. The van der Waals surface area contributed by atoms with Gasteiger partial charge in [-0.1, -0.05) is 6.92 Å². The Morgan fingerprint density at radius 2 is 2.12 bits per heavy atom. The molecule has 17 heavy (non-hydrogen) atoms. The van der Waals surface area contributed by atoms with E-state index in [4.69, 9.17) is 15.9 Å². The molecule has 0 N–H and O–H groups in total. The van der Waals surface area contributed by atoms with Gasteiger partial charge >= 0.3 is 0 Å². The molecule has 8 heteroatoms. The largest absolute Gasteiger partial charge is 0.291 e. The third-order valence-corrected chi connectivity index (χ3v) is 3.57. The van der Waals surface area contributed by atoms with Crippen molar-refractivity contribution in [2.75, 3.05) is 0 Å². The first kappa shape index (κ1) is 13.4. The number of hydrogen-bond donors (Lipinski definition) is 0. The number of hydrogen-bond acceptors (Lipinski definition) is 5. The molecule has 0 atom stereocenters. The second kappa shape index (κ2) is 4.69. The molecule has 0 saturated carbocycles. The van der Waals surface area contributed by atoms with Crippen molar-refractivity contribution in [1.82, 2.24) is 0 Å². The molecule has 0 saturated heterocycles. The van der Waals surface area contributed by atoms with E-state index in [9.17, 15) is 18.5 Å². The molecular weight excluding hydrogens is 268 g/mol. The van der Waals surface area contributed by atoms with Gasteiger partial charge in [0, 0.05) is 10.7 Å². The predicted molar refractivity (Wildman–Crippen MR) is 60.2 cm³/mol. The first-order valence-corrected chi connectivity index (χ1v) is 6.78. The first-order chi connectivity index (χ1) is 7.82. The highest BCUT2D eigenvalue weighted by molar-refractivity contribution is 8.13. The minimum absolute atomic E-state index is 0.0518. The van der Waals surface area contributed by atoms with E-state index in [-0.39, 0.29) is 22.4 Å². The van der Waals surface area contributed by atoms with Crippen molar-refractivity contribution in [3.05, 3.63) is 33.4 Å². The predicted octanol–water partition coefficient (Wildman–Crippen LogP) is 1.96. The zero-order valence-electron chi connectivity index (χ0n) is 8.68. The van der Waals surface area contributed by atoms with E-state index >= 15 is 0 Å². The van der Waals surface area contributed by atoms with Gasteiger partial charge in [0.25, 0.3) is 14.7 Å². The zero-order chi connectivity index (χ0) is 13.2. The number of nitrogens with zero attached hydrogens (tertiary/aromatic N) is 2. The molecule has 1 aromatic carbocycles. The molecule has 0 bridgehead atoms. The summed E-state index contributed by atoms with van der Waals surface area (Å²) in [6.45, 7) is 1.55. The molecule has 0 heterocycles. The second-order valence-corrected chi connectivity index (χ2v) is 5.63. The number of nitro benzene ring substituents is 1. The van der Waals surface area contributed by atoms with Crippen LogP contribution in [0.15, 0.2) is 17.0 Å². The van der Waals surface area contributed by atoms with Crippen LogP contribution in [0.4, 0.5) is 5.69 Å². The Morgan fingerprint density at radius 3 is 2.47 bits per heavy atom. The van der Waals surface area contributed by atoms with Crippen molar-refractivity contribution in [3.8, 4) is 6.07 Å². The van der Waals surface area contributed by atoms with Gasteiger partial charge in [0.05, 0.1) is 15.4 Å². The maximum atomic E-state index is 11.2. The molecule has 1 rings (SSSR count). The van der Waals surface area contributed by atoms with Crippen LogP contribution in [0.1, 0.15) is 18.1 Å². The van der Waals surface area contributed by atoms with Crippen LogP contribution in [0, 0.1) is 21.4 Å². The third-order valence-electron chi connectivity index (χ3n) is 2.16. The lowest BCUT2D eigenvalue weighted by Gasteiger charge is -2.06. The van der Waals surface area contributed by atoms with E-state index in [0.29, 0.717) is 0 Å². The monoisotopic (exact) mass is 274 g/mol. The third kappa shape index (κ3) is 2.54. The summed E-state index contributed by atoms with van der Waals surface area (Å²) < 4.78 is 22.5. The molecule has 0 radical (unpaired) electrons. The van der Waals surface area contributed by atoms with Crippen LogP contribution in [0.2, 0.25) is 0 Å². The average Bonchev–Trinajstić information content (AvgIpc) is 2.25. The fraction of sp³-hybridized carbons (Fsp3) is 0.222. The number of rotatable bonds is 3. The molecule has 6 nitrogen and oxygen atoms in total. The number of benzene rings is 1. The highest BCUT2D eigenvalue weighted by Gasteiger charge is 2.26. The fourth-order valence-electron chi connectivity index (χ4n) is 1.49. The molecule has 0 fully saturated rings. The van der Waals surface area contributed by atoms with Gasteiger partial charge in [0.15, 0.2) is 0 Å². The van der Waals surface area contributed by atoms with Crippen LogP contribution in [-0.4, -0.2) is 13.3 Å². The van der Waals surface area contributed by atoms with Gasteiger partial charge in [-0.3, -0.25) is 10.1 Å². The lowest BCUT2D eigenvalue weighted by molar-refractivity contribution is -0.386. The number of nitro groups is 1. The Hall–Kier alpha value is -1.65. The van der Waals surface area contributed by atoms with Gasteiger partial charge < -0.3 is 0 Å². The summed E-state index contributed by atoms with van der Waals surface area (Å²) in [5, 5.41) is 19.6. The molecule has 0 aliphatic carbocycles. The smallest absolute Gasteiger partial charge is 0.258 e. The van der Waals surface area contributed by atoms with Crippen LogP contribution < -0.4 is 0 Å². The van der Waals surface area contributed by atoms with Crippen LogP contribution in [0.3, 0.4) is 0 Å². The highest BCUT2D eigenvalue weighted by Crippen LogP contribution is 2.31. The standard InChI is InChI=1S/C9H7ClN2O4S/c1-2-7-8(17(10,15)16)4-3-6(5-11)9(7)12(13)14/h3-4H,2H2,1H3. The molecular formula is C9H7ClN2O4S. The normalized spacial score (nSPS) is 10.9. The van der Waals surface area contributed by atoms with E-state index in [0.717, 1.165) is 12.1 Å². The summed E-state index contributed by atoms with van der Waals surface area (Å²) in [7, 11) is 1.11. The SMILES string of the molecule is CCc1c(S(=O)(=O)Cl)ccc(C#N)c1[N+](=O)[O-]. The number of nitriles is 1.